The van der Waals surface area contributed by atoms with E-state index in [0.717, 1.165) is 0 Å². The van der Waals surface area contributed by atoms with Crippen LogP contribution in [0.25, 0.3) is 0 Å². The van der Waals surface area contributed by atoms with Gasteiger partial charge in [-0.25, -0.2) is 4.39 Å². The molecule has 0 N–H and O–H groups in total. The van der Waals surface area contributed by atoms with Crippen LogP contribution in [0.1, 0.15) is 0 Å². The Labute approximate surface area is 75.6 Å². The summed E-state index contributed by atoms with van der Waals surface area (Å²) in [6, 6.07) is 0. The van der Waals surface area contributed by atoms with Crippen LogP contribution in [0, 0.1) is 0 Å². The Morgan fingerprint density at radius 2 is 2.33 bits per heavy atom. The highest BCUT2D eigenvalue weighted by Gasteiger charge is 2.02. The lowest BCUT2D eigenvalue weighted by Crippen LogP contribution is -1.78. The van der Waals surface area contributed by atoms with Gasteiger partial charge >= 0.3 is 0 Å². The van der Waals surface area contributed by atoms with Gasteiger partial charge in [-0.05, 0) is 26.0 Å². The molecule has 0 aromatic carbocycles. The van der Waals surface area contributed by atoms with Gasteiger partial charge in [0.1, 0.15) is 0 Å². The van der Waals surface area contributed by atoms with E-state index in [0.29, 0.717) is 9.51 Å². The summed E-state index contributed by atoms with van der Waals surface area (Å²) in [6.07, 6.45) is 1.43. The van der Waals surface area contributed by atoms with E-state index in [1.54, 1.807) is 4.01 Å². The fraction of sp³-hybridized carbons (Fsp3) is 0. The third kappa shape index (κ3) is 2.13. The molecule has 1 rings (SSSR count). The average Bonchev–Trinajstić information content (AvgIpc) is 1.80. The monoisotopic (exact) mass is 322 g/mol. The zero-order valence-electron chi connectivity index (χ0n) is 4.17. The molecule has 9 heavy (non-hydrogen) atoms. The average molecular weight is 323 g/mol. The van der Waals surface area contributed by atoms with Crippen molar-refractivity contribution in [3.63, 3.8) is 0 Å². The van der Waals surface area contributed by atoms with E-state index in [1.807, 2.05) is 0 Å². The van der Waals surface area contributed by atoms with Crippen molar-refractivity contribution < 1.29 is 4.39 Å². The summed E-state index contributed by atoms with van der Waals surface area (Å²) in [5.41, 5.74) is 0. The standard InChI is InChI=1S/C5H2BrClFI/c6-3-1-5(8)9-2-4(3)7/h1-2H. The molecule has 0 fully saturated rings. The predicted octanol–water partition coefficient (Wildman–Crippen LogP) is 3.43. The van der Waals surface area contributed by atoms with Crippen LogP contribution >= 0.6 is 48.3 Å². The molecule has 0 aliphatic carbocycles. The van der Waals surface area contributed by atoms with E-state index in [4.69, 9.17) is 11.6 Å². The minimum absolute atomic E-state index is 0.0509. The number of halogens is 4. The molecule has 50 valence electrons. The molecule has 1 aliphatic heterocycles. The molecule has 4 heteroatoms. The molecule has 0 aromatic heterocycles. The van der Waals surface area contributed by atoms with Gasteiger partial charge in [0.25, 0.3) is 0 Å². The van der Waals surface area contributed by atoms with Crippen molar-refractivity contribution in [1.29, 1.82) is 0 Å². The molecule has 0 nitrogen and oxygen atoms in total. The van der Waals surface area contributed by atoms with E-state index in [-0.39, 0.29) is 3.83 Å². The SMILES string of the molecule is FC1=CC(Br)=C(Cl)C=I1. The largest absolute Gasteiger partial charge is 0.200 e. The first-order valence-electron chi connectivity index (χ1n) is 2.09. The predicted molar refractivity (Wildman–Crippen MR) is 51.1 cm³/mol. The Bertz CT molecular complexity index is 219. The third-order valence-corrected chi connectivity index (χ3v) is 4.12. The Kier molecular flexibility index (Phi) is 2.85. The molecule has 0 aromatic rings. The van der Waals surface area contributed by atoms with Crippen LogP contribution in [0.4, 0.5) is 4.39 Å². The maximum atomic E-state index is 12.4. The first-order valence-corrected chi connectivity index (χ1v) is 5.59. The Morgan fingerprint density at radius 1 is 1.67 bits per heavy atom. The van der Waals surface area contributed by atoms with Crippen molar-refractivity contribution in [1.82, 2.24) is 0 Å². The maximum Gasteiger partial charge on any atom is 0.156 e. The van der Waals surface area contributed by atoms with Crippen molar-refractivity contribution >= 4 is 52.3 Å². The van der Waals surface area contributed by atoms with E-state index in [1.165, 1.54) is 6.08 Å². The maximum absolute atomic E-state index is 12.4. The van der Waals surface area contributed by atoms with Crippen LogP contribution in [0.15, 0.2) is 19.4 Å². The molecule has 1 aliphatic rings. The highest BCUT2D eigenvalue weighted by Crippen LogP contribution is 2.29. The minimum Gasteiger partial charge on any atom is -0.200 e. The summed E-state index contributed by atoms with van der Waals surface area (Å²) in [5.74, 6) is 0. The summed E-state index contributed by atoms with van der Waals surface area (Å²) in [5, 5.41) is 0.629. The highest BCUT2D eigenvalue weighted by atomic mass is 127. The van der Waals surface area contributed by atoms with Crippen LogP contribution in [-0.4, -0.2) is 4.01 Å². The van der Waals surface area contributed by atoms with Crippen molar-refractivity contribution in [2.45, 2.75) is 0 Å². The second-order valence-electron chi connectivity index (χ2n) is 1.35. The number of hydrogen-bond acceptors (Lipinski definition) is 0. The van der Waals surface area contributed by atoms with Gasteiger partial charge in [-0.1, -0.05) is 32.3 Å². The van der Waals surface area contributed by atoms with Gasteiger partial charge in [-0.2, -0.15) is 0 Å². The number of allylic oxidation sites excluding steroid dienone is 3. The molecule has 0 spiro atoms. The van der Waals surface area contributed by atoms with Crippen molar-refractivity contribution in [2.24, 2.45) is 0 Å². The van der Waals surface area contributed by atoms with Gasteiger partial charge in [0, 0.05) is 4.48 Å². The third-order valence-electron chi connectivity index (χ3n) is 0.719. The van der Waals surface area contributed by atoms with Crippen LogP contribution in [0.5, 0.6) is 0 Å². The second kappa shape index (κ2) is 3.25. The van der Waals surface area contributed by atoms with Gasteiger partial charge in [-0.3, -0.25) is 0 Å². The molecule has 0 saturated heterocycles. The molecule has 0 unspecified atom stereocenters. The molecule has 0 bridgehead atoms. The number of hydrogen-bond donors (Lipinski definition) is 0. The van der Waals surface area contributed by atoms with E-state index < -0.39 is 20.7 Å². The molecule has 0 saturated carbocycles. The summed E-state index contributed by atoms with van der Waals surface area (Å²) in [6.45, 7) is 0. The molecule has 0 atom stereocenters. The lowest BCUT2D eigenvalue weighted by Gasteiger charge is -1.97. The van der Waals surface area contributed by atoms with Crippen LogP contribution in [0.2, 0.25) is 0 Å². The summed E-state index contributed by atoms with van der Waals surface area (Å²) >= 11 is 8.17. The normalized spacial score (nSPS) is 19.2. The van der Waals surface area contributed by atoms with E-state index >= 15 is 0 Å². The van der Waals surface area contributed by atoms with Crippen LogP contribution in [0.3, 0.4) is 0 Å². The van der Waals surface area contributed by atoms with Gasteiger partial charge in [0.05, 0.1) is 5.03 Å². The Hall–Kier alpha value is 0.780. The molecule has 1 heterocycles. The fourth-order valence-corrected chi connectivity index (χ4v) is 3.25. The minimum atomic E-state index is -0.566. The number of rotatable bonds is 0. The van der Waals surface area contributed by atoms with Gasteiger partial charge in [0.2, 0.25) is 0 Å². The summed E-state index contributed by atoms with van der Waals surface area (Å²) in [7, 11) is 0. The molecular formula is C5H2BrClFI. The topological polar surface area (TPSA) is 0 Å². The molecular weight excluding hydrogens is 321 g/mol. The lowest BCUT2D eigenvalue weighted by atomic mass is 10.5. The summed E-state index contributed by atoms with van der Waals surface area (Å²) in [4.78, 5) is 0. The smallest absolute Gasteiger partial charge is 0.156 e. The first kappa shape index (κ1) is 7.88. The zero-order chi connectivity index (χ0) is 6.85. The van der Waals surface area contributed by atoms with Crippen LogP contribution < -0.4 is 0 Å². The molecule has 0 radical (unpaired) electrons. The van der Waals surface area contributed by atoms with Crippen LogP contribution in [-0.2, 0) is 0 Å². The van der Waals surface area contributed by atoms with Crippen molar-refractivity contribution in [2.75, 3.05) is 0 Å². The van der Waals surface area contributed by atoms with Gasteiger partial charge < -0.3 is 0 Å². The van der Waals surface area contributed by atoms with E-state index in [9.17, 15) is 4.39 Å². The molecule has 0 amide bonds. The van der Waals surface area contributed by atoms with E-state index in [2.05, 4.69) is 15.9 Å². The summed E-state index contributed by atoms with van der Waals surface area (Å²) < 4.78 is 14.7. The second-order valence-corrected chi connectivity index (χ2v) is 4.89. The van der Waals surface area contributed by atoms with Gasteiger partial charge in [0.15, 0.2) is 3.83 Å². The highest BCUT2D eigenvalue weighted by molar-refractivity contribution is 14.2. The van der Waals surface area contributed by atoms with Crippen molar-refractivity contribution in [3.05, 3.63) is 19.4 Å². The Balaban J connectivity index is 3.01. The van der Waals surface area contributed by atoms with Gasteiger partial charge in [-0.15, -0.1) is 0 Å². The Morgan fingerprint density at radius 3 is 2.78 bits per heavy atom. The fourth-order valence-electron chi connectivity index (χ4n) is 0.348. The lowest BCUT2D eigenvalue weighted by molar-refractivity contribution is 0.711. The zero-order valence-corrected chi connectivity index (χ0v) is 8.67. The quantitative estimate of drug-likeness (QED) is 0.599. The first-order chi connectivity index (χ1) is 4.20. The van der Waals surface area contributed by atoms with Crippen molar-refractivity contribution in [3.8, 4) is 0 Å².